The lowest BCUT2D eigenvalue weighted by Gasteiger charge is -2.26. The molecule has 0 unspecified atom stereocenters. The summed E-state index contributed by atoms with van der Waals surface area (Å²) < 4.78 is 22.3. The highest BCUT2D eigenvalue weighted by Crippen LogP contribution is 2.29. The maximum Gasteiger partial charge on any atom is 0.338 e. The van der Waals surface area contributed by atoms with E-state index in [1.807, 2.05) is 6.92 Å². The number of benzene rings is 2. The number of quaternary nitrogens is 1. The summed E-state index contributed by atoms with van der Waals surface area (Å²) >= 11 is 0. The first-order chi connectivity index (χ1) is 16.0. The number of carbonyl (C=O) groups is 1. The van der Waals surface area contributed by atoms with Crippen molar-refractivity contribution >= 4 is 16.9 Å². The van der Waals surface area contributed by atoms with Crippen LogP contribution >= 0.6 is 0 Å². The van der Waals surface area contributed by atoms with E-state index in [1.165, 1.54) is 17.0 Å². The molecular weight excluding hydrogens is 426 g/mol. The Kier molecular flexibility index (Phi) is 6.96. The molecule has 4 rings (SSSR count). The van der Waals surface area contributed by atoms with Crippen LogP contribution in [0.25, 0.3) is 11.0 Å². The van der Waals surface area contributed by atoms with Crippen molar-refractivity contribution in [2.24, 2.45) is 0 Å². The Morgan fingerprint density at radius 2 is 1.85 bits per heavy atom. The summed E-state index contributed by atoms with van der Waals surface area (Å²) in [6.45, 7) is 7.26. The molecule has 0 saturated carbocycles. The van der Waals surface area contributed by atoms with Crippen molar-refractivity contribution in [3.8, 4) is 17.2 Å². The second-order valence-electron chi connectivity index (χ2n) is 8.04. The molecule has 2 aromatic carbocycles. The zero-order chi connectivity index (χ0) is 23.4. The summed E-state index contributed by atoms with van der Waals surface area (Å²) in [5, 5.41) is 12.9. The molecule has 1 aliphatic heterocycles. The zero-order valence-corrected chi connectivity index (χ0v) is 18.8. The molecule has 8 heteroatoms. The van der Waals surface area contributed by atoms with E-state index in [0.29, 0.717) is 54.2 Å². The van der Waals surface area contributed by atoms with Crippen LogP contribution in [0.1, 0.15) is 35.0 Å². The molecule has 1 aliphatic rings. The third-order valence-corrected chi connectivity index (χ3v) is 5.62. The number of esters is 1. The number of rotatable bonds is 7. The Hall–Kier alpha value is -3.36. The van der Waals surface area contributed by atoms with Crippen LogP contribution in [-0.2, 0) is 16.0 Å². The summed E-state index contributed by atoms with van der Waals surface area (Å²) in [7, 11) is 0. The molecule has 8 nitrogen and oxygen atoms in total. The van der Waals surface area contributed by atoms with Gasteiger partial charge in [-0.15, -0.1) is 0 Å². The molecule has 1 N–H and O–H groups in total. The van der Waals surface area contributed by atoms with Gasteiger partial charge >= 0.3 is 5.97 Å². The SMILES string of the molecule is CCCOC(=O)c1ccc(Oc2c(C)oc3c(C[NH+]4CCOCC4)c([O-])ccc3c2=O)cc1. The van der Waals surface area contributed by atoms with Gasteiger partial charge in [0, 0.05) is 5.56 Å². The molecule has 1 aromatic heterocycles. The van der Waals surface area contributed by atoms with Crippen molar-refractivity contribution in [3.05, 3.63) is 63.5 Å². The highest BCUT2D eigenvalue weighted by molar-refractivity contribution is 5.89. The molecular formula is C25H27NO7. The monoisotopic (exact) mass is 453 g/mol. The standard InChI is InChI=1S/C25H27NO7/c1-3-12-31-25(29)17-4-6-18(7-5-17)33-23-16(2)32-24-19(22(23)28)8-9-21(27)20(24)15-26-10-13-30-14-11-26/h4-9,27H,3,10-15H2,1-2H3. The fourth-order valence-corrected chi connectivity index (χ4v) is 3.81. The van der Waals surface area contributed by atoms with E-state index in [4.69, 9.17) is 18.6 Å². The maximum atomic E-state index is 13.2. The molecule has 0 bridgehead atoms. The van der Waals surface area contributed by atoms with Gasteiger partial charge in [-0.3, -0.25) is 4.79 Å². The van der Waals surface area contributed by atoms with Gasteiger partial charge in [-0.1, -0.05) is 18.7 Å². The lowest BCUT2D eigenvalue weighted by atomic mass is 10.1. The number of hydrogen-bond donors (Lipinski definition) is 1. The largest absolute Gasteiger partial charge is 0.872 e. The molecule has 0 aliphatic carbocycles. The van der Waals surface area contributed by atoms with Crippen LogP contribution in [0.3, 0.4) is 0 Å². The van der Waals surface area contributed by atoms with Crippen LogP contribution < -0.4 is 20.2 Å². The molecule has 1 fully saturated rings. The van der Waals surface area contributed by atoms with Crippen LogP contribution in [0.2, 0.25) is 0 Å². The summed E-state index contributed by atoms with van der Waals surface area (Å²) in [5.41, 5.74) is 0.853. The Labute approximate surface area is 191 Å². The summed E-state index contributed by atoms with van der Waals surface area (Å²) in [6.07, 6.45) is 0.743. The van der Waals surface area contributed by atoms with E-state index in [0.717, 1.165) is 19.5 Å². The molecule has 0 spiro atoms. The summed E-state index contributed by atoms with van der Waals surface area (Å²) in [5.74, 6) is 0.154. The number of aryl methyl sites for hydroxylation is 1. The van der Waals surface area contributed by atoms with E-state index < -0.39 is 5.97 Å². The van der Waals surface area contributed by atoms with E-state index in [-0.39, 0.29) is 22.7 Å². The Morgan fingerprint density at radius 1 is 1.12 bits per heavy atom. The van der Waals surface area contributed by atoms with Gasteiger partial charge in [0.25, 0.3) is 0 Å². The fourth-order valence-electron chi connectivity index (χ4n) is 3.81. The molecule has 0 amide bonds. The summed E-state index contributed by atoms with van der Waals surface area (Å²) in [4.78, 5) is 26.4. The molecule has 174 valence electrons. The molecule has 0 atom stereocenters. The van der Waals surface area contributed by atoms with Crippen LogP contribution in [0.15, 0.2) is 45.6 Å². The van der Waals surface area contributed by atoms with Crippen LogP contribution in [0, 0.1) is 6.92 Å². The molecule has 33 heavy (non-hydrogen) atoms. The van der Waals surface area contributed by atoms with Gasteiger partial charge in [0.1, 0.15) is 36.7 Å². The van der Waals surface area contributed by atoms with E-state index in [2.05, 4.69) is 0 Å². The normalized spacial score (nSPS) is 14.4. The van der Waals surface area contributed by atoms with Gasteiger partial charge in [0.05, 0.1) is 30.8 Å². The van der Waals surface area contributed by atoms with E-state index in [9.17, 15) is 14.7 Å². The quantitative estimate of drug-likeness (QED) is 0.546. The highest BCUT2D eigenvalue weighted by atomic mass is 16.5. The predicted octanol–water partition coefficient (Wildman–Crippen LogP) is 1.95. The first-order valence-corrected chi connectivity index (χ1v) is 11.1. The average molecular weight is 453 g/mol. The van der Waals surface area contributed by atoms with Crippen molar-refractivity contribution in [2.45, 2.75) is 26.8 Å². The Bertz CT molecular complexity index is 1190. The molecule has 1 saturated heterocycles. The van der Waals surface area contributed by atoms with Gasteiger partial charge < -0.3 is 28.6 Å². The van der Waals surface area contributed by atoms with Crippen LogP contribution in [0.5, 0.6) is 17.2 Å². The number of fused-ring (bicyclic) bond motifs is 1. The fraction of sp³-hybridized carbons (Fsp3) is 0.360. The van der Waals surface area contributed by atoms with Crippen molar-refractivity contribution in [1.29, 1.82) is 0 Å². The second-order valence-corrected chi connectivity index (χ2v) is 8.04. The first kappa shape index (κ1) is 22.8. The molecule has 0 radical (unpaired) electrons. The minimum atomic E-state index is -0.409. The first-order valence-electron chi connectivity index (χ1n) is 11.1. The van der Waals surface area contributed by atoms with Crippen molar-refractivity contribution in [3.63, 3.8) is 0 Å². The number of morpholine rings is 1. The molecule has 3 aromatic rings. The van der Waals surface area contributed by atoms with E-state index in [1.54, 1.807) is 31.2 Å². The second kappa shape index (κ2) is 10.1. The highest BCUT2D eigenvalue weighted by Gasteiger charge is 2.21. The van der Waals surface area contributed by atoms with Gasteiger partial charge in [-0.25, -0.2) is 4.79 Å². The lowest BCUT2D eigenvalue weighted by Crippen LogP contribution is -3.12. The van der Waals surface area contributed by atoms with Crippen molar-refractivity contribution in [2.75, 3.05) is 32.9 Å². The number of carbonyl (C=O) groups excluding carboxylic acids is 1. The number of hydrogen-bond acceptors (Lipinski definition) is 7. The summed E-state index contributed by atoms with van der Waals surface area (Å²) in [6, 6.07) is 9.25. The van der Waals surface area contributed by atoms with Crippen LogP contribution in [0.4, 0.5) is 0 Å². The lowest BCUT2D eigenvalue weighted by molar-refractivity contribution is -0.921. The smallest absolute Gasteiger partial charge is 0.338 e. The van der Waals surface area contributed by atoms with Gasteiger partial charge in [0.15, 0.2) is 0 Å². The minimum Gasteiger partial charge on any atom is -0.872 e. The topological polar surface area (TPSA) is 102 Å². The predicted molar refractivity (Wildman–Crippen MR) is 119 cm³/mol. The van der Waals surface area contributed by atoms with Gasteiger partial charge in [-0.2, -0.15) is 0 Å². The number of ether oxygens (including phenoxy) is 3. The Balaban J connectivity index is 1.62. The molecule has 2 heterocycles. The van der Waals surface area contributed by atoms with Gasteiger partial charge in [0.2, 0.25) is 11.2 Å². The van der Waals surface area contributed by atoms with Crippen LogP contribution in [-0.4, -0.2) is 38.9 Å². The minimum absolute atomic E-state index is 0.0483. The average Bonchev–Trinajstić information content (AvgIpc) is 2.83. The Morgan fingerprint density at radius 3 is 2.55 bits per heavy atom. The third kappa shape index (κ3) is 5.02. The van der Waals surface area contributed by atoms with Crippen molar-refractivity contribution < 1.29 is 33.4 Å². The van der Waals surface area contributed by atoms with Crippen molar-refractivity contribution in [1.82, 2.24) is 0 Å². The van der Waals surface area contributed by atoms with Gasteiger partial charge in [-0.05, 0) is 43.7 Å². The number of nitrogens with one attached hydrogen (secondary N) is 1. The maximum absolute atomic E-state index is 13.2. The van der Waals surface area contributed by atoms with E-state index >= 15 is 0 Å². The zero-order valence-electron chi connectivity index (χ0n) is 18.8. The third-order valence-electron chi connectivity index (χ3n) is 5.62.